The Kier molecular flexibility index (Phi) is 3.20. The molecule has 0 saturated carbocycles. The van der Waals surface area contributed by atoms with Crippen LogP contribution in [-0.4, -0.2) is 29.5 Å². The molecule has 0 fully saturated rings. The van der Waals surface area contributed by atoms with E-state index < -0.39 is 0 Å². The first-order valence-electron chi connectivity index (χ1n) is 7.24. The van der Waals surface area contributed by atoms with Crippen molar-refractivity contribution >= 4 is 0 Å². The Bertz CT molecular complexity index is 938. The van der Waals surface area contributed by atoms with Crippen molar-refractivity contribution in [3.8, 4) is 22.8 Å². The molecule has 0 N–H and O–H groups in total. The van der Waals surface area contributed by atoms with Gasteiger partial charge in [-0.3, -0.25) is 4.98 Å². The highest BCUT2D eigenvalue weighted by Gasteiger charge is 2.07. The van der Waals surface area contributed by atoms with Gasteiger partial charge in [-0.1, -0.05) is 6.07 Å². The second-order valence-corrected chi connectivity index (χ2v) is 5.23. The number of pyridine rings is 2. The van der Waals surface area contributed by atoms with Crippen LogP contribution in [0.3, 0.4) is 0 Å². The molecule has 6 nitrogen and oxygen atoms in total. The minimum Gasteiger partial charge on any atom is -0.262 e. The van der Waals surface area contributed by atoms with Gasteiger partial charge in [-0.05, 0) is 36.8 Å². The van der Waals surface area contributed by atoms with Crippen LogP contribution in [-0.2, 0) is 0 Å². The van der Waals surface area contributed by atoms with Crippen LogP contribution in [0.1, 0.15) is 5.56 Å². The highest BCUT2D eigenvalue weighted by atomic mass is 15.3. The maximum atomic E-state index is 4.67. The van der Waals surface area contributed by atoms with Gasteiger partial charge in [0, 0.05) is 24.2 Å². The number of aryl methyl sites for hydroxylation is 1. The summed E-state index contributed by atoms with van der Waals surface area (Å²) in [7, 11) is 0. The van der Waals surface area contributed by atoms with Crippen LogP contribution < -0.4 is 0 Å². The molecule has 0 aromatic carbocycles. The maximum absolute atomic E-state index is 4.67. The van der Waals surface area contributed by atoms with Crippen molar-refractivity contribution in [2.75, 3.05) is 0 Å². The quantitative estimate of drug-likeness (QED) is 0.584. The third-order valence-corrected chi connectivity index (χ3v) is 3.47. The SMILES string of the molecule is Cc1cnn(-c2cccc(-c3cnn(-c4cccnc4)c3)n2)c1. The topological polar surface area (TPSA) is 61.4 Å². The molecule has 6 heteroatoms. The van der Waals surface area contributed by atoms with E-state index >= 15 is 0 Å². The van der Waals surface area contributed by atoms with Crippen LogP contribution in [0.25, 0.3) is 22.8 Å². The van der Waals surface area contributed by atoms with Crippen molar-refractivity contribution in [1.29, 1.82) is 0 Å². The number of rotatable bonds is 3. The van der Waals surface area contributed by atoms with E-state index in [1.54, 1.807) is 28.0 Å². The summed E-state index contributed by atoms with van der Waals surface area (Å²) in [5.41, 5.74) is 3.81. The first-order valence-corrected chi connectivity index (χ1v) is 7.24. The zero-order valence-electron chi connectivity index (χ0n) is 12.5. The molecule has 4 aromatic heterocycles. The summed E-state index contributed by atoms with van der Waals surface area (Å²) in [6.07, 6.45) is 11.0. The fourth-order valence-electron chi connectivity index (χ4n) is 2.34. The van der Waals surface area contributed by atoms with Gasteiger partial charge in [0.2, 0.25) is 0 Å². The van der Waals surface area contributed by atoms with Crippen LogP contribution in [0.2, 0.25) is 0 Å². The monoisotopic (exact) mass is 302 g/mol. The first-order chi connectivity index (χ1) is 11.3. The molecule has 23 heavy (non-hydrogen) atoms. The summed E-state index contributed by atoms with van der Waals surface area (Å²) < 4.78 is 3.55. The van der Waals surface area contributed by atoms with Gasteiger partial charge < -0.3 is 0 Å². The van der Waals surface area contributed by atoms with E-state index in [0.29, 0.717) is 0 Å². The van der Waals surface area contributed by atoms with Gasteiger partial charge in [-0.2, -0.15) is 10.2 Å². The molecule has 112 valence electrons. The van der Waals surface area contributed by atoms with Gasteiger partial charge in [-0.15, -0.1) is 0 Å². The summed E-state index contributed by atoms with van der Waals surface area (Å²) in [6.45, 7) is 2.01. The van der Waals surface area contributed by atoms with Crippen molar-refractivity contribution in [3.05, 3.63) is 73.1 Å². The Morgan fingerprint density at radius 2 is 1.78 bits per heavy atom. The molecule has 0 unspecified atom stereocenters. The number of hydrogen-bond acceptors (Lipinski definition) is 4. The number of aromatic nitrogens is 6. The summed E-state index contributed by atoms with van der Waals surface area (Å²) >= 11 is 0. The molecule has 0 atom stereocenters. The molecule has 0 aliphatic carbocycles. The molecule has 0 aliphatic heterocycles. The lowest BCUT2D eigenvalue weighted by atomic mass is 10.2. The molecule has 4 rings (SSSR count). The zero-order valence-corrected chi connectivity index (χ0v) is 12.5. The van der Waals surface area contributed by atoms with E-state index in [0.717, 1.165) is 28.3 Å². The molecule has 0 radical (unpaired) electrons. The Labute approximate surface area is 133 Å². The molecule has 4 heterocycles. The molecule has 0 aliphatic rings. The van der Waals surface area contributed by atoms with E-state index in [4.69, 9.17) is 0 Å². The van der Waals surface area contributed by atoms with Gasteiger partial charge in [0.15, 0.2) is 5.82 Å². The normalized spacial score (nSPS) is 10.8. The third kappa shape index (κ3) is 2.62. The average molecular weight is 302 g/mol. The molecule has 4 aromatic rings. The second kappa shape index (κ2) is 5.49. The van der Waals surface area contributed by atoms with Crippen molar-refractivity contribution in [3.63, 3.8) is 0 Å². The number of hydrogen-bond donors (Lipinski definition) is 0. The summed E-state index contributed by atoms with van der Waals surface area (Å²) in [4.78, 5) is 8.78. The largest absolute Gasteiger partial charge is 0.262 e. The minimum absolute atomic E-state index is 0.782. The van der Waals surface area contributed by atoms with Gasteiger partial charge >= 0.3 is 0 Å². The Morgan fingerprint density at radius 3 is 2.57 bits per heavy atom. The fraction of sp³-hybridized carbons (Fsp3) is 0.0588. The Morgan fingerprint density at radius 1 is 0.870 bits per heavy atom. The molecule has 0 amide bonds. The van der Waals surface area contributed by atoms with Gasteiger partial charge in [0.05, 0.1) is 30.0 Å². The lowest BCUT2D eigenvalue weighted by Crippen LogP contribution is -1.98. The van der Waals surface area contributed by atoms with E-state index in [1.165, 1.54) is 0 Å². The van der Waals surface area contributed by atoms with E-state index in [-0.39, 0.29) is 0 Å². The van der Waals surface area contributed by atoms with Crippen LogP contribution >= 0.6 is 0 Å². The lowest BCUT2D eigenvalue weighted by molar-refractivity contribution is 0.848. The summed E-state index contributed by atoms with van der Waals surface area (Å²) in [5, 5.41) is 8.68. The Hall–Kier alpha value is -3.28. The minimum atomic E-state index is 0.782. The van der Waals surface area contributed by atoms with Crippen molar-refractivity contribution in [2.45, 2.75) is 6.92 Å². The second-order valence-electron chi connectivity index (χ2n) is 5.23. The van der Waals surface area contributed by atoms with Crippen molar-refractivity contribution in [1.82, 2.24) is 29.5 Å². The average Bonchev–Trinajstić information content (AvgIpc) is 3.25. The molecular weight excluding hydrogens is 288 g/mol. The highest BCUT2D eigenvalue weighted by molar-refractivity contribution is 5.58. The first kappa shape index (κ1) is 13.4. The van der Waals surface area contributed by atoms with Crippen LogP contribution in [0, 0.1) is 6.92 Å². The van der Waals surface area contributed by atoms with Crippen LogP contribution in [0.4, 0.5) is 0 Å². The summed E-state index contributed by atoms with van der Waals surface area (Å²) in [6, 6.07) is 9.71. The zero-order chi connectivity index (χ0) is 15.6. The molecular formula is C17H14N6. The van der Waals surface area contributed by atoms with E-state index in [1.807, 2.05) is 55.8 Å². The number of nitrogens with zero attached hydrogens (tertiary/aromatic N) is 6. The lowest BCUT2D eigenvalue weighted by Gasteiger charge is -2.03. The van der Waals surface area contributed by atoms with Crippen LogP contribution in [0.5, 0.6) is 0 Å². The predicted octanol–water partition coefficient (Wildman–Crippen LogP) is 2.82. The highest BCUT2D eigenvalue weighted by Crippen LogP contribution is 2.19. The van der Waals surface area contributed by atoms with E-state index in [9.17, 15) is 0 Å². The van der Waals surface area contributed by atoms with Gasteiger partial charge in [0.25, 0.3) is 0 Å². The molecule has 0 spiro atoms. The third-order valence-electron chi connectivity index (χ3n) is 3.47. The van der Waals surface area contributed by atoms with Crippen molar-refractivity contribution < 1.29 is 0 Å². The van der Waals surface area contributed by atoms with Gasteiger partial charge in [-0.25, -0.2) is 14.3 Å². The Balaban J connectivity index is 1.70. The van der Waals surface area contributed by atoms with E-state index in [2.05, 4.69) is 20.2 Å². The van der Waals surface area contributed by atoms with Crippen LogP contribution in [0.15, 0.2) is 67.5 Å². The van der Waals surface area contributed by atoms with Crippen molar-refractivity contribution in [2.24, 2.45) is 0 Å². The van der Waals surface area contributed by atoms with Gasteiger partial charge in [0.1, 0.15) is 0 Å². The molecule has 0 saturated heterocycles. The molecule has 0 bridgehead atoms. The smallest absolute Gasteiger partial charge is 0.153 e. The predicted molar refractivity (Wildman–Crippen MR) is 86.4 cm³/mol. The maximum Gasteiger partial charge on any atom is 0.153 e. The standard InChI is InChI=1S/C17H14N6/c1-13-8-19-23(11-13)17-6-2-5-16(21-17)14-9-20-22(12-14)15-4-3-7-18-10-15/h2-12H,1H3. The summed E-state index contributed by atoms with van der Waals surface area (Å²) in [5.74, 6) is 0.782. The fourth-order valence-corrected chi connectivity index (χ4v) is 2.34.